The molecule has 0 fully saturated rings. The van der Waals surface area contributed by atoms with E-state index in [4.69, 9.17) is 0 Å². The number of pyridine rings is 1. The molecule has 0 aliphatic rings. The van der Waals surface area contributed by atoms with Crippen molar-refractivity contribution in [1.29, 1.82) is 0 Å². The zero-order valence-electron chi connectivity index (χ0n) is 15.6. The number of benzene rings is 3. The second kappa shape index (κ2) is 7.33. The molecule has 0 radical (unpaired) electrons. The van der Waals surface area contributed by atoms with Crippen LogP contribution in [0.5, 0.6) is 0 Å². The van der Waals surface area contributed by atoms with Crippen LogP contribution in [0.4, 0.5) is 0 Å². The maximum atomic E-state index is 2.30. The van der Waals surface area contributed by atoms with Gasteiger partial charge in [0.2, 0.25) is 0 Å². The van der Waals surface area contributed by atoms with Gasteiger partial charge >= 0.3 is 0 Å². The maximum Gasteiger partial charge on any atom is 0.0875 e. The van der Waals surface area contributed by atoms with E-state index in [2.05, 4.69) is 120 Å². The lowest BCUT2D eigenvalue weighted by molar-refractivity contribution is 1.21. The highest BCUT2D eigenvalue weighted by atomic mass is 28.2. The average molecular weight is 376 g/mol. The Balaban J connectivity index is 1.50. The summed E-state index contributed by atoms with van der Waals surface area (Å²) >= 11 is 0. The van der Waals surface area contributed by atoms with Gasteiger partial charge in [-0.25, -0.2) is 0 Å². The van der Waals surface area contributed by atoms with Gasteiger partial charge in [0.1, 0.15) is 0 Å². The summed E-state index contributed by atoms with van der Waals surface area (Å²) in [5.41, 5.74) is 6.21. The molecular formula is C26H21NSi. The van der Waals surface area contributed by atoms with E-state index in [-0.39, 0.29) is 0 Å². The minimum Gasteiger partial charge on any atom is -0.316 e. The second-order valence-electron chi connectivity index (χ2n) is 7.16. The van der Waals surface area contributed by atoms with E-state index in [1.165, 1.54) is 38.3 Å². The SMILES string of the molecule is c1ccc([SiH2]c2ccc(-c3cccc4cc(-c5ccccc5)cn34)cc2)cc1. The van der Waals surface area contributed by atoms with Gasteiger partial charge in [0, 0.05) is 17.3 Å². The third kappa shape index (κ3) is 3.30. The Kier molecular flexibility index (Phi) is 4.40. The Morgan fingerprint density at radius 3 is 1.93 bits per heavy atom. The summed E-state index contributed by atoms with van der Waals surface area (Å²) in [4.78, 5) is 0. The number of nitrogens with zero attached hydrogens (tertiary/aromatic N) is 1. The third-order valence-electron chi connectivity index (χ3n) is 5.24. The van der Waals surface area contributed by atoms with E-state index in [1.54, 1.807) is 0 Å². The van der Waals surface area contributed by atoms with Crippen molar-refractivity contribution in [3.8, 4) is 22.4 Å². The number of fused-ring (bicyclic) bond motifs is 1. The van der Waals surface area contributed by atoms with E-state index in [0.29, 0.717) is 0 Å². The first-order valence-corrected chi connectivity index (χ1v) is 11.1. The Morgan fingerprint density at radius 2 is 1.18 bits per heavy atom. The molecule has 0 bridgehead atoms. The number of aromatic nitrogens is 1. The molecular weight excluding hydrogens is 354 g/mol. The third-order valence-corrected chi connectivity index (χ3v) is 7.00. The van der Waals surface area contributed by atoms with Crippen molar-refractivity contribution < 1.29 is 0 Å². The van der Waals surface area contributed by atoms with Gasteiger partial charge in [-0.2, -0.15) is 0 Å². The first kappa shape index (κ1) is 16.8. The predicted molar refractivity (Wildman–Crippen MR) is 123 cm³/mol. The molecule has 0 aliphatic carbocycles. The quantitative estimate of drug-likeness (QED) is 0.410. The van der Waals surface area contributed by atoms with Gasteiger partial charge in [0.15, 0.2) is 0 Å². The standard InChI is InChI=1S/C26H21NSi/c1-3-8-20(9-4-1)22-18-23-10-7-13-26(27(23)19-22)21-14-16-25(17-15-21)28-24-11-5-2-6-12-24/h1-19H,28H2. The number of rotatable bonds is 4. The van der Waals surface area contributed by atoms with Crippen LogP contribution in [0.25, 0.3) is 27.9 Å². The zero-order chi connectivity index (χ0) is 18.8. The second-order valence-corrected chi connectivity index (χ2v) is 9.15. The van der Waals surface area contributed by atoms with Gasteiger partial charge in [-0.05, 0) is 29.3 Å². The fourth-order valence-electron chi connectivity index (χ4n) is 3.78. The lowest BCUT2D eigenvalue weighted by atomic mass is 10.1. The van der Waals surface area contributed by atoms with Gasteiger partial charge in [0.05, 0.1) is 15.2 Å². The van der Waals surface area contributed by atoms with E-state index in [0.717, 1.165) is 0 Å². The average Bonchev–Trinajstić information content (AvgIpc) is 3.20. The van der Waals surface area contributed by atoms with Crippen LogP contribution < -0.4 is 10.4 Å². The highest BCUT2D eigenvalue weighted by molar-refractivity contribution is 6.67. The first-order valence-electron chi connectivity index (χ1n) is 9.67. The van der Waals surface area contributed by atoms with Crippen LogP contribution in [0.2, 0.25) is 0 Å². The molecule has 2 aromatic heterocycles. The smallest absolute Gasteiger partial charge is 0.0875 e. The van der Waals surface area contributed by atoms with E-state index in [1.807, 2.05) is 0 Å². The summed E-state index contributed by atoms with van der Waals surface area (Å²) in [7, 11) is -0.409. The molecule has 5 aromatic rings. The molecule has 2 heterocycles. The van der Waals surface area contributed by atoms with Crippen molar-refractivity contribution in [2.75, 3.05) is 0 Å². The Bertz CT molecular complexity index is 1210. The molecule has 1 nitrogen and oxygen atoms in total. The summed E-state index contributed by atoms with van der Waals surface area (Å²) in [6, 6.07) is 39.3. The van der Waals surface area contributed by atoms with Crippen LogP contribution in [-0.2, 0) is 0 Å². The highest BCUT2D eigenvalue weighted by Gasteiger charge is 2.07. The highest BCUT2D eigenvalue weighted by Crippen LogP contribution is 2.27. The van der Waals surface area contributed by atoms with Crippen LogP contribution in [0.15, 0.2) is 115 Å². The van der Waals surface area contributed by atoms with Crippen LogP contribution in [0, 0.1) is 0 Å². The van der Waals surface area contributed by atoms with Crippen molar-refractivity contribution in [3.05, 3.63) is 115 Å². The molecule has 2 heteroatoms. The molecule has 0 saturated heterocycles. The van der Waals surface area contributed by atoms with Crippen LogP contribution in [-0.4, -0.2) is 13.9 Å². The minimum atomic E-state index is -0.409. The number of hydrogen-bond acceptors (Lipinski definition) is 0. The lowest BCUT2D eigenvalue weighted by Gasteiger charge is -2.08. The van der Waals surface area contributed by atoms with E-state index >= 15 is 0 Å². The summed E-state index contributed by atoms with van der Waals surface area (Å²) in [5.74, 6) is 0. The molecule has 28 heavy (non-hydrogen) atoms. The molecule has 0 amide bonds. The van der Waals surface area contributed by atoms with Crippen molar-refractivity contribution in [3.63, 3.8) is 0 Å². The largest absolute Gasteiger partial charge is 0.316 e. The lowest BCUT2D eigenvalue weighted by Crippen LogP contribution is -2.26. The summed E-state index contributed by atoms with van der Waals surface area (Å²) in [5, 5.41) is 2.95. The zero-order valence-corrected chi connectivity index (χ0v) is 17.0. The topological polar surface area (TPSA) is 4.41 Å². The maximum absolute atomic E-state index is 2.30. The van der Waals surface area contributed by atoms with Gasteiger partial charge in [-0.1, -0.05) is 101 Å². The van der Waals surface area contributed by atoms with Gasteiger partial charge in [0.25, 0.3) is 0 Å². The molecule has 134 valence electrons. The summed E-state index contributed by atoms with van der Waals surface area (Å²) in [6.07, 6.45) is 2.24. The van der Waals surface area contributed by atoms with Crippen molar-refractivity contribution in [2.24, 2.45) is 0 Å². The van der Waals surface area contributed by atoms with Crippen molar-refractivity contribution >= 4 is 25.4 Å². The molecule has 0 unspecified atom stereocenters. The van der Waals surface area contributed by atoms with Gasteiger partial charge < -0.3 is 4.40 Å². The van der Waals surface area contributed by atoms with E-state index in [9.17, 15) is 0 Å². The first-order chi connectivity index (χ1) is 13.9. The summed E-state index contributed by atoms with van der Waals surface area (Å²) < 4.78 is 2.30. The van der Waals surface area contributed by atoms with Gasteiger partial charge in [-0.3, -0.25) is 0 Å². The minimum absolute atomic E-state index is 0.409. The Labute approximate surface area is 167 Å². The Morgan fingerprint density at radius 1 is 0.500 bits per heavy atom. The fraction of sp³-hybridized carbons (Fsp3) is 0. The van der Waals surface area contributed by atoms with Crippen molar-refractivity contribution in [1.82, 2.24) is 4.40 Å². The van der Waals surface area contributed by atoms with Crippen LogP contribution in [0.1, 0.15) is 0 Å². The molecule has 0 N–H and O–H groups in total. The predicted octanol–water partition coefficient (Wildman–Crippen LogP) is 4.39. The molecule has 0 aliphatic heterocycles. The molecule has 0 atom stereocenters. The van der Waals surface area contributed by atoms with E-state index < -0.39 is 9.52 Å². The molecule has 5 rings (SSSR count). The van der Waals surface area contributed by atoms with Crippen molar-refractivity contribution in [2.45, 2.75) is 0 Å². The molecule has 3 aromatic carbocycles. The normalized spacial score (nSPS) is 11.4. The molecule has 0 saturated carbocycles. The fourth-order valence-corrected chi connectivity index (χ4v) is 5.23. The van der Waals surface area contributed by atoms with Crippen LogP contribution in [0.3, 0.4) is 0 Å². The molecule has 0 spiro atoms. The van der Waals surface area contributed by atoms with Gasteiger partial charge in [-0.15, -0.1) is 0 Å². The van der Waals surface area contributed by atoms with Crippen LogP contribution >= 0.6 is 0 Å². The number of hydrogen-bond donors (Lipinski definition) is 0. The monoisotopic (exact) mass is 375 g/mol. The summed E-state index contributed by atoms with van der Waals surface area (Å²) in [6.45, 7) is 0. The Hall–Kier alpha value is -3.36.